The summed E-state index contributed by atoms with van der Waals surface area (Å²) in [5, 5.41) is 1.40. The van der Waals surface area contributed by atoms with Gasteiger partial charge in [-0.05, 0) is 35.4 Å². The van der Waals surface area contributed by atoms with E-state index in [1.54, 1.807) is 0 Å². The van der Waals surface area contributed by atoms with Crippen molar-refractivity contribution in [3.63, 3.8) is 0 Å². The van der Waals surface area contributed by atoms with Gasteiger partial charge in [0.2, 0.25) is 0 Å². The lowest BCUT2D eigenvalue weighted by Crippen LogP contribution is -1.82. The minimum atomic E-state index is 0.701. The fraction of sp³-hybridized carbons (Fsp3) is 0. The minimum absolute atomic E-state index is 0.701. The Labute approximate surface area is 127 Å². The summed E-state index contributed by atoms with van der Waals surface area (Å²) < 4.78 is 0. The summed E-state index contributed by atoms with van der Waals surface area (Å²) in [6, 6.07) is 15.0. The van der Waals surface area contributed by atoms with Crippen molar-refractivity contribution in [3.8, 4) is 0 Å². The molecule has 0 heterocycles. The van der Waals surface area contributed by atoms with Gasteiger partial charge in [-0.3, -0.25) is 0 Å². The van der Waals surface area contributed by atoms with Crippen molar-refractivity contribution in [3.05, 3.63) is 69.7 Å². The third-order valence-electron chi connectivity index (χ3n) is 2.46. The third kappa shape index (κ3) is 3.27. The topological polar surface area (TPSA) is 0 Å². The molecule has 0 aliphatic carbocycles. The number of hydrogen-bond acceptors (Lipinski definition) is 2. The molecule has 0 N–H and O–H groups in total. The van der Waals surface area contributed by atoms with E-state index < -0.39 is 0 Å². The molecule has 0 saturated carbocycles. The van der Waals surface area contributed by atoms with E-state index in [1.165, 1.54) is 0 Å². The Hall–Kier alpha value is -0.540. The smallest absolute Gasteiger partial charge is 0.0406 e. The molecule has 0 aliphatic rings. The molecule has 0 fully saturated rings. The van der Waals surface area contributed by atoms with Crippen molar-refractivity contribution in [2.45, 2.75) is 0 Å². The minimum Gasteiger partial charge on any atom is -0.142 e. The molecule has 0 bridgehead atoms. The predicted octanol–water partition coefficient (Wildman–Crippen LogP) is 5.68. The summed E-state index contributed by atoms with van der Waals surface area (Å²) in [6.07, 6.45) is 0. The lowest BCUT2D eigenvalue weighted by atomic mass is 10.1. The van der Waals surface area contributed by atoms with Crippen LogP contribution in [0.15, 0.2) is 48.5 Å². The van der Waals surface area contributed by atoms with Crippen molar-refractivity contribution < 1.29 is 0 Å². The van der Waals surface area contributed by atoms with Crippen LogP contribution in [0.25, 0.3) is 9.81 Å². The largest absolute Gasteiger partial charge is 0.142 e. The molecule has 2 rings (SSSR count). The maximum atomic E-state index is 5.86. The lowest BCUT2D eigenvalue weighted by Gasteiger charge is -2.07. The van der Waals surface area contributed by atoms with Crippen molar-refractivity contribution in [2.75, 3.05) is 0 Å². The molecule has 0 spiro atoms. The van der Waals surface area contributed by atoms with Crippen LogP contribution in [0.1, 0.15) is 11.1 Å². The number of halogens is 2. The molecule has 0 radical (unpaired) electrons. The SMILES string of the molecule is S/C(=C(/S)c1ccc(Cl)cc1)c1ccc(Cl)cc1. The normalized spacial score (nSPS) is 12.2. The second-order valence-electron chi connectivity index (χ2n) is 3.71. The molecule has 0 atom stereocenters. The van der Waals surface area contributed by atoms with Crippen LogP contribution in [0.4, 0.5) is 0 Å². The summed E-state index contributed by atoms with van der Waals surface area (Å²) in [4.78, 5) is 1.61. The van der Waals surface area contributed by atoms with Gasteiger partial charge in [0.25, 0.3) is 0 Å². The van der Waals surface area contributed by atoms with Gasteiger partial charge in [0.1, 0.15) is 0 Å². The van der Waals surface area contributed by atoms with Crippen LogP contribution >= 0.6 is 48.5 Å². The Kier molecular flexibility index (Phi) is 4.68. The van der Waals surface area contributed by atoms with E-state index in [4.69, 9.17) is 23.2 Å². The first-order chi connectivity index (χ1) is 8.58. The summed E-state index contributed by atoms with van der Waals surface area (Å²) in [7, 11) is 0. The first kappa shape index (κ1) is 13.9. The highest BCUT2D eigenvalue weighted by atomic mass is 35.5. The summed E-state index contributed by atoms with van der Waals surface area (Å²) in [5.74, 6) is 0. The van der Waals surface area contributed by atoms with Crippen LogP contribution in [0, 0.1) is 0 Å². The molecular weight excluding hydrogens is 303 g/mol. The zero-order valence-corrected chi connectivity index (χ0v) is 12.6. The Morgan fingerprint density at radius 2 is 0.889 bits per heavy atom. The van der Waals surface area contributed by atoms with Crippen molar-refractivity contribution in [1.29, 1.82) is 0 Å². The highest BCUT2D eigenvalue weighted by Crippen LogP contribution is 2.32. The van der Waals surface area contributed by atoms with Crippen LogP contribution in [-0.4, -0.2) is 0 Å². The zero-order chi connectivity index (χ0) is 13.1. The number of hydrogen-bond donors (Lipinski definition) is 2. The average Bonchev–Trinajstić information content (AvgIpc) is 2.39. The van der Waals surface area contributed by atoms with Gasteiger partial charge in [0, 0.05) is 19.9 Å². The maximum absolute atomic E-state index is 5.86. The van der Waals surface area contributed by atoms with Crippen LogP contribution in [0.3, 0.4) is 0 Å². The maximum Gasteiger partial charge on any atom is 0.0406 e. The molecule has 92 valence electrons. The third-order valence-corrected chi connectivity index (χ3v) is 4.10. The summed E-state index contributed by atoms with van der Waals surface area (Å²) in [5.41, 5.74) is 1.95. The first-order valence-corrected chi connectivity index (χ1v) is 6.87. The van der Waals surface area contributed by atoms with Crippen LogP contribution in [-0.2, 0) is 0 Å². The van der Waals surface area contributed by atoms with E-state index in [9.17, 15) is 0 Å². The van der Waals surface area contributed by atoms with Crippen molar-refractivity contribution >= 4 is 58.3 Å². The van der Waals surface area contributed by atoms with Crippen LogP contribution < -0.4 is 0 Å². The molecule has 0 aliphatic heterocycles. The Morgan fingerprint density at radius 3 is 1.17 bits per heavy atom. The standard InChI is InChI=1S/C14H10Cl2S2/c15-11-5-1-9(2-6-11)13(17)14(18)10-3-7-12(16)8-4-10/h1-8,17-18H/b14-13+. The van der Waals surface area contributed by atoms with Gasteiger partial charge in [-0.25, -0.2) is 0 Å². The molecule has 4 heteroatoms. The van der Waals surface area contributed by atoms with Gasteiger partial charge in [-0.2, -0.15) is 0 Å². The number of rotatable bonds is 2. The Morgan fingerprint density at radius 1 is 0.611 bits per heavy atom. The fourth-order valence-corrected chi connectivity index (χ4v) is 2.30. The quantitative estimate of drug-likeness (QED) is 0.517. The zero-order valence-electron chi connectivity index (χ0n) is 9.27. The number of thiol groups is 2. The Bertz CT molecular complexity index is 518. The molecule has 0 amide bonds. The van der Waals surface area contributed by atoms with Gasteiger partial charge in [0.15, 0.2) is 0 Å². The lowest BCUT2D eigenvalue weighted by molar-refractivity contribution is 1.63. The van der Waals surface area contributed by atoms with Gasteiger partial charge >= 0.3 is 0 Å². The number of benzene rings is 2. The van der Waals surface area contributed by atoms with Gasteiger partial charge in [-0.15, -0.1) is 25.3 Å². The predicted molar refractivity (Wildman–Crippen MR) is 87.7 cm³/mol. The average molecular weight is 313 g/mol. The highest BCUT2D eigenvalue weighted by molar-refractivity contribution is 7.96. The van der Waals surface area contributed by atoms with Gasteiger partial charge in [0.05, 0.1) is 0 Å². The van der Waals surface area contributed by atoms with Crippen LogP contribution in [0.2, 0.25) is 10.0 Å². The van der Waals surface area contributed by atoms with E-state index >= 15 is 0 Å². The molecule has 2 aromatic rings. The molecule has 0 unspecified atom stereocenters. The van der Waals surface area contributed by atoms with E-state index in [1.807, 2.05) is 48.5 Å². The summed E-state index contributed by atoms with van der Waals surface area (Å²) in [6.45, 7) is 0. The van der Waals surface area contributed by atoms with E-state index in [0.29, 0.717) is 10.0 Å². The molecule has 18 heavy (non-hydrogen) atoms. The van der Waals surface area contributed by atoms with Gasteiger partial charge in [-0.1, -0.05) is 47.5 Å². The molecule has 0 saturated heterocycles. The molecular formula is C14H10Cl2S2. The van der Waals surface area contributed by atoms with E-state index in [-0.39, 0.29) is 0 Å². The highest BCUT2D eigenvalue weighted by Gasteiger charge is 2.05. The Balaban J connectivity index is 2.40. The molecule has 0 nitrogen and oxygen atoms in total. The second kappa shape index (κ2) is 6.07. The van der Waals surface area contributed by atoms with E-state index in [2.05, 4.69) is 25.3 Å². The van der Waals surface area contributed by atoms with Crippen LogP contribution in [0.5, 0.6) is 0 Å². The first-order valence-electron chi connectivity index (χ1n) is 5.22. The van der Waals surface area contributed by atoms with E-state index in [0.717, 1.165) is 20.9 Å². The van der Waals surface area contributed by atoms with Gasteiger partial charge < -0.3 is 0 Å². The molecule has 0 aromatic heterocycles. The fourth-order valence-electron chi connectivity index (χ4n) is 1.49. The summed E-state index contributed by atoms with van der Waals surface area (Å²) >= 11 is 20.7. The monoisotopic (exact) mass is 312 g/mol. The van der Waals surface area contributed by atoms with Crippen molar-refractivity contribution in [1.82, 2.24) is 0 Å². The second-order valence-corrected chi connectivity index (χ2v) is 5.48. The molecule has 2 aromatic carbocycles. The van der Waals surface area contributed by atoms with Crippen molar-refractivity contribution in [2.24, 2.45) is 0 Å².